The summed E-state index contributed by atoms with van der Waals surface area (Å²) in [4.78, 5) is 0. The van der Waals surface area contributed by atoms with Crippen molar-refractivity contribution in [1.82, 2.24) is 5.32 Å². The van der Waals surface area contributed by atoms with E-state index in [0.29, 0.717) is 0 Å². The molecule has 0 fully saturated rings. The van der Waals surface area contributed by atoms with E-state index in [9.17, 15) is 0 Å². The van der Waals surface area contributed by atoms with Crippen molar-refractivity contribution in [2.75, 3.05) is 33.9 Å². The molecule has 1 rings (SSSR count). The molecule has 4 heteroatoms. The fourth-order valence-corrected chi connectivity index (χ4v) is 3.07. The Balaban J connectivity index is 2.76. The topological polar surface area (TPSA) is 30.5 Å². The molecule has 0 heterocycles. The Morgan fingerprint density at radius 1 is 1.29 bits per heavy atom. The Morgan fingerprint density at radius 3 is 2.67 bits per heavy atom. The Labute approximate surface area is 137 Å². The minimum absolute atomic E-state index is 0.234. The molecule has 1 aromatic carbocycles. The lowest BCUT2D eigenvalue weighted by Gasteiger charge is -2.30. The summed E-state index contributed by atoms with van der Waals surface area (Å²) < 4.78 is 11.6. The second-order valence-corrected chi connectivity index (χ2v) is 6.72. The Kier molecular flexibility index (Phi) is 8.30. The number of halogens is 1. The maximum Gasteiger partial charge on any atom is 0.119 e. The minimum Gasteiger partial charge on any atom is -0.497 e. The van der Waals surface area contributed by atoms with Gasteiger partial charge in [0.15, 0.2) is 0 Å². The summed E-state index contributed by atoms with van der Waals surface area (Å²) in [5, 5.41) is 3.51. The molecule has 0 aliphatic rings. The number of nitrogens with one attached hydrogen (secondary N) is 1. The zero-order chi connectivity index (χ0) is 15.7. The van der Waals surface area contributed by atoms with Crippen LogP contribution in [0.4, 0.5) is 0 Å². The molecule has 3 nitrogen and oxygen atoms in total. The van der Waals surface area contributed by atoms with Crippen LogP contribution in [-0.4, -0.2) is 33.9 Å². The van der Waals surface area contributed by atoms with E-state index in [1.807, 2.05) is 6.07 Å². The molecular weight excluding hydrogens is 330 g/mol. The van der Waals surface area contributed by atoms with Gasteiger partial charge >= 0.3 is 0 Å². The Morgan fingerprint density at radius 2 is 2.05 bits per heavy atom. The number of hydrogen-bond acceptors (Lipinski definition) is 3. The van der Waals surface area contributed by atoms with Crippen LogP contribution in [0.3, 0.4) is 0 Å². The molecule has 1 unspecified atom stereocenters. The van der Waals surface area contributed by atoms with Crippen LogP contribution < -0.4 is 10.1 Å². The van der Waals surface area contributed by atoms with Crippen molar-refractivity contribution in [3.05, 3.63) is 28.2 Å². The van der Waals surface area contributed by atoms with Crippen LogP contribution in [0.5, 0.6) is 5.75 Å². The lowest BCUT2D eigenvalue weighted by Crippen LogP contribution is -2.35. The molecule has 0 amide bonds. The van der Waals surface area contributed by atoms with Crippen molar-refractivity contribution in [2.45, 2.75) is 33.1 Å². The first-order chi connectivity index (χ1) is 10.0. The Bertz CT molecular complexity index is 425. The smallest absolute Gasteiger partial charge is 0.119 e. The van der Waals surface area contributed by atoms with Crippen molar-refractivity contribution in [2.24, 2.45) is 5.41 Å². The van der Waals surface area contributed by atoms with Gasteiger partial charge in [0.1, 0.15) is 5.75 Å². The van der Waals surface area contributed by atoms with Gasteiger partial charge in [-0.3, -0.25) is 0 Å². The van der Waals surface area contributed by atoms with Gasteiger partial charge in [0.25, 0.3) is 0 Å². The zero-order valence-corrected chi connectivity index (χ0v) is 15.3. The number of rotatable bonds is 10. The van der Waals surface area contributed by atoms with E-state index in [2.05, 4.69) is 47.2 Å². The number of benzene rings is 1. The van der Waals surface area contributed by atoms with E-state index in [1.54, 1.807) is 14.2 Å². The molecule has 0 radical (unpaired) electrons. The second-order valence-electron chi connectivity index (χ2n) is 5.86. The first-order valence-corrected chi connectivity index (χ1v) is 8.36. The molecule has 120 valence electrons. The predicted molar refractivity (Wildman–Crippen MR) is 92.2 cm³/mol. The summed E-state index contributed by atoms with van der Waals surface area (Å²) in [6, 6.07) is 6.19. The second kappa shape index (κ2) is 9.44. The van der Waals surface area contributed by atoms with Crippen molar-refractivity contribution in [3.8, 4) is 5.75 Å². The fraction of sp³-hybridized carbons (Fsp3) is 0.647. The summed E-state index contributed by atoms with van der Waals surface area (Å²) in [6.45, 7) is 7.24. The van der Waals surface area contributed by atoms with Crippen LogP contribution in [0.1, 0.15) is 32.3 Å². The monoisotopic (exact) mass is 357 g/mol. The van der Waals surface area contributed by atoms with E-state index in [-0.39, 0.29) is 5.41 Å². The van der Waals surface area contributed by atoms with E-state index < -0.39 is 0 Å². The van der Waals surface area contributed by atoms with E-state index in [0.717, 1.165) is 36.3 Å². The van der Waals surface area contributed by atoms with Gasteiger partial charge < -0.3 is 14.8 Å². The van der Waals surface area contributed by atoms with Crippen LogP contribution in [0.2, 0.25) is 0 Å². The first kappa shape index (κ1) is 18.5. The highest BCUT2D eigenvalue weighted by Crippen LogP contribution is 2.32. The number of methoxy groups -OCH3 is 2. The third kappa shape index (κ3) is 6.37. The number of ether oxygens (including phenoxy) is 2. The summed E-state index contributed by atoms with van der Waals surface area (Å²) in [5.41, 5.74) is 1.54. The molecular formula is C17H28BrNO2. The number of hydrogen-bond donors (Lipinski definition) is 1. The molecule has 1 atom stereocenters. The largest absolute Gasteiger partial charge is 0.497 e. The fourth-order valence-electron chi connectivity index (χ4n) is 2.68. The summed E-state index contributed by atoms with van der Waals surface area (Å²) in [7, 11) is 3.45. The highest BCUT2D eigenvalue weighted by molar-refractivity contribution is 9.10. The molecule has 1 N–H and O–H groups in total. The SMILES string of the molecule is CCCC(C)(CNCCOC)Cc1cc(OC)ccc1Br. The third-order valence-corrected chi connectivity index (χ3v) is 4.53. The average molecular weight is 358 g/mol. The highest BCUT2D eigenvalue weighted by Gasteiger charge is 2.24. The van der Waals surface area contributed by atoms with Crippen molar-refractivity contribution in [1.29, 1.82) is 0 Å². The van der Waals surface area contributed by atoms with Crippen LogP contribution in [0, 0.1) is 5.41 Å². The lowest BCUT2D eigenvalue weighted by atomic mass is 9.79. The normalized spacial score (nSPS) is 14.0. The maximum atomic E-state index is 5.34. The zero-order valence-electron chi connectivity index (χ0n) is 13.7. The van der Waals surface area contributed by atoms with E-state index in [4.69, 9.17) is 9.47 Å². The van der Waals surface area contributed by atoms with Crippen LogP contribution in [-0.2, 0) is 11.2 Å². The van der Waals surface area contributed by atoms with Crippen LogP contribution in [0.15, 0.2) is 22.7 Å². The minimum atomic E-state index is 0.234. The quantitative estimate of drug-likeness (QED) is 0.641. The molecule has 21 heavy (non-hydrogen) atoms. The van der Waals surface area contributed by atoms with Gasteiger partial charge in [-0.1, -0.05) is 36.2 Å². The van der Waals surface area contributed by atoms with Gasteiger partial charge in [-0.05, 0) is 42.0 Å². The summed E-state index contributed by atoms with van der Waals surface area (Å²) in [6.07, 6.45) is 3.40. The van der Waals surface area contributed by atoms with Gasteiger partial charge in [-0.2, -0.15) is 0 Å². The molecule has 0 aliphatic carbocycles. The van der Waals surface area contributed by atoms with E-state index >= 15 is 0 Å². The predicted octanol–water partition coefficient (Wildman–Crippen LogP) is 4.04. The van der Waals surface area contributed by atoms with Crippen LogP contribution in [0.25, 0.3) is 0 Å². The van der Waals surface area contributed by atoms with Crippen molar-refractivity contribution in [3.63, 3.8) is 0 Å². The van der Waals surface area contributed by atoms with Gasteiger partial charge in [0, 0.05) is 24.7 Å². The average Bonchev–Trinajstić information content (AvgIpc) is 2.46. The molecule has 0 saturated carbocycles. The lowest BCUT2D eigenvalue weighted by molar-refractivity contribution is 0.190. The summed E-state index contributed by atoms with van der Waals surface area (Å²) in [5.74, 6) is 0.916. The highest BCUT2D eigenvalue weighted by atomic mass is 79.9. The van der Waals surface area contributed by atoms with Gasteiger partial charge in [0.2, 0.25) is 0 Å². The molecule has 0 saturated heterocycles. The molecule has 0 aromatic heterocycles. The van der Waals surface area contributed by atoms with Gasteiger partial charge in [-0.25, -0.2) is 0 Å². The van der Waals surface area contributed by atoms with Gasteiger partial charge in [-0.15, -0.1) is 0 Å². The molecule has 0 aliphatic heterocycles. The third-order valence-electron chi connectivity index (χ3n) is 3.76. The van der Waals surface area contributed by atoms with Crippen LogP contribution >= 0.6 is 15.9 Å². The van der Waals surface area contributed by atoms with Crippen molar-refractivity contribution >= 4 is 15.9 Å². The molecule has 0 spiro atoms. The standard InChI is InChI=1S/C17H28BrNO2/c1-5-8-17(2,13-19-9-10-20-3)12-14-11-15(21-4)6-7-16(14)18/h6-7,11,19H,5,8-10,12-13H2,1-4H3. The van der Waals surface area contributed by atoms with Crippen molar-refractivity contribution < 1.29 is 9.47 Å². The summed E-state index contributed by atoms with van der Waals surface area (Å²) >= 11 is 3.66. The van der Waals surface area contributed by atoms with E-state index in [1.165, 1.54) is 18.4 Å². The molecule has 0 bridgehead atoms. The molecule has 1 aromatic rings. The Hall–Kier alpha value is -0.580. The maximum absolute atomic E-state index is 5.34. The first-order valence-electron chi connectivity index (χ1n) is 7.56. The van der Waals surface area contributed by atoms with Gasteiger partial charge in [0.05, 0.1) is 13.7 Å².